The minimum absolute atomic E-state index is 0.109. The van der Waals surface area contributed by atoms with Gasteiger partial charge in [-0.1, -0.05) is 30.3 Å². The van der Waals surface area contributed by atoms with Gasteiger partial charge in [-0.25, -0.2) is 0 Å². The molecule has 0 saturated carbocycles. The van der Waals surface area contributed by atoms with Crippen molar-refractivity contribution in [3.8, 4) is 5.75 Å². The molecule has 104 valence electrons. The molecule has 1 N–H and O–H groups in total. The summed E-state index contributed by atoms with van der Waals surface area (Å²) in [7, 11) is 1.61. The highest BCUT2D eigenvalue weighted by Crippen LogP contribution is 2.16. The number of rotatable bonds is 5. The van der Waals surface area contributed by atoms with E-state index in [1.807, 2.05) is 30.3 Å². The van der Waals surface area contributed by atoms with Crippen LogP contribution in [-0.2, 0) is 11.2 Å². The number of methoxy groups -OCH3 is 1. The van der Waals surface area contributed by atoms with Gasteiger partial charge in [0.15, 0.2) is 0 Å². The number of ether oxygens (including phenoxy) is 1. The van der Waals surface area contributed by atoms with E-state index in [1.54, 1.807) is 31.4 Å². The van der Waals surface area contributed by atoms with Gasteiger partial charge in [0.2, 0.25) is 5.91 Å². The van der Waals surface area contributed by atoms with Crippen molar-refractivity contribution in [2.75, 3.05) is 12.4 Å². The van der Waals surface area contributed by atoms with Gasteiger partial charge in [-0.15, -0.1) is 0 Å². The van der Waals surface area contributed by atoms with Gasteiger partial charge in [0.05, 0.1) is 12.4 Å². The minimum Gasteiger partial charge on any atom is -0.497 e. The average Bonchev–Trinajstić information content (AvgIpc) is 2.49. The van der Waals surface area contributed by atoms with E-state index in [1.165, 1.54) is 0 Å². The fourth-order valence-corrected chi connectivity index (χ4v) is 2.11. The second kappa shape index (κ2) is 7.01. The van der Waals surface area contributed by atoms with Gasteiger partial charge in [0.1, 0.15) is 5.75 Å². The number of nitrogens with one attached hydrogen (secondary N) is 1. The Hall–Kier alpha value is -1.94. The van der Waals surface area contributed by atoms with Crippen LogP contribution in [0.2, 0.25) is 0 Å². The molecule has 2 rings (SSSR count). The summed E-state index contributed by atoms with van der Waals surface area (Å²) < 4.78 is 5.07. The lowest BCUT2D eigenvalue weighted by Gasteiger charge is -2.12. The molecule has 0 aliphatic carbocycles. The van der Waals surface area contributed by atoms with Crippen LogP contribution in [0.3, 0.4) is 0 Å². The molecule has 4 heteroatoms. The predicted molar refractivity (Wildman–Crippen MR) is 84.5 cm³/mol. The van der Waals surface area contributed by atoms with E-state index >= 15 is 0 Å². The molecule has 1 unspecified atom stereocenters. The number of carbonyl (C=O) groups is 1. The zero-order valence-electron chi connectivity index (χ0n) is 11.2. The first-order valence-electron chi connectivity index (χ1n) is 6.36. The number of benzene rings is 2. The number of hydrogen-bond acceptors (Lipinski definition) is 3. The Kier molecular flexibility index (Phi) is 5.07. The van der Waals surface area contributed by atoms with Crippen LogP contribution in [0.25, 0.3) is 0 Å². The summed E-state index contributed by atoms with van der Waals surface area (Å²) in [5.41, 5.74) is 1.83. The standard InChI is InChI=1S/C16H17NO2S/c1-19-14-9-7-13(8-10-14)17-16(18)15(20)11-12-5-3-2-4-6-12/h2-10,15,20H,11H2,1H3,(H,17,18). The molecule has 0 saturated heterocycles. The van der Waals surface area contributed by atoms with Crippen LogP contribution in [-0.4, -0.2) is 18.3 Å². The van der Waals surface area contributed by atoms with Crippen LogP contribution in [0.1, 0.15) is 5.56 Å². The Morgan fingerprint density at radius 2 is 1.80 bits per heavy atom. The molecule has 0 aliphatic heterocycles. The minimum atomic E-state index is -0.375. The van der Waals surface area contributed by atoms with Crippen LogP contribution in [0.4, 0.5) is 5.69 Å². The quantitative estimate of drug-likeness (QED) is 0.829. The number of thiol groups is 1. The maximum Gasteiger partial charge on any atom is 0.237 e. The molecule has 20 heavy (non-hydrogen) atoms. The molecule has 0 spiro atoms. The summed E-state index contributed by atoms with van der Waals surface area (Å²) >= 11 is 4.37. The normalized spacial score (nSPS) is 11.7. The lowest BCUT2D eigenvalue weighted by molar-refractivity contribution is -0.115. The molecular formula is C16H17NO2S. The second-order valence-corrected chi connectivity index (χ2v) is 5.05. The van der Waals surface area contributed by atoms with Crippen molar-refractivity contribution in [1.82, 2.24) is 0 Å². The van der Waals surface area contributed by atoms with Gasteiger partial charge >= 0.3 is 0 Å². The van der Waals surface area contributed by atoms with Gasteiger partial charge in [0.25, 0.3) is 0 Å². The molecule has 0 bridgehead atoms. The third-order valence-electron chi connectivity index (χ3n) is 2.93. The smallest absolute Gasteiger partial charge is 0.237 e. The van der Waals surface area contributed by atoms with Crippen LogP contribution in [0.5, 0.6) is 5.75 Å². The molecule has 0 radical (unpaired) electrons. The molecule has 0 aromatic heterocycles. The summed E-state index contributed by atoms with van der Waals surface area (Å²) in [6.07, 6.45) is 0.603. The Balaban J connectivity index is 1.93. The van der Waals surface area contributed by atoms with E-state index in [9.17, 15) is 4.79 Å². The molecular weight excluding hydrogens is 270 g/mol. The third-order valence-corrected chi connectivity index (χ3v) is 3.35. The fraction of sp³-hybridized carbons (Fsp3) is 0.188. The fourth-order valence-electron chi connectivity index (χ4n) is 1.83. The highest BCUT2D eigenvalue weighted by atomic mass is 32.1. The Morgan fingerprint density at radius 1 is 1.15 bits per heavy atom. The largest absolute Gasteiger partial charge is 0.497 e. The number of hydrogen-bond donors (Lipinski definition) is 2. The van der Waals surface area contributed by atoms with Crippen molar-refractivity contribution in [3.63, 3.8) is 0 Å². The SMILES string of the molecule is COc1ccc(NC(=O)C(S)Cc2ccccc2)cc1. The van der Waals surface area contributed by atoms with Crippen LogP contribution in [0.15, 0.2) is 54.6 Å². The summed E-state index contributed by atoms with van der Waals surface area (Å²) in [5, 5.41) is 2.47. The predicted octanol–water partition coefficient (Wildman–Crippen LogP) is 3.17. The molecule has 2 aromatic carbocycles. The van der Waals surface area contributed by atoms with Gasteiger partial charge in [0, 0.05) is 5.69 Å². The van der Waals surface area contributed by atoms with Crippen molar-refractivity contribution in [2.24, 2.45) is 0 Å². The Morgan fingerprint density at radius 3 is 2.40 bits per heavy atom. The molecule has 1 amide bonds. The van der Waals surface area contributed by atoms with Crippen LogP contribution in [0, 0.1) is 0 Å². The molecule has 0 fully saturated rings. The lowest BCUT2D eigenvalue weighted by atomic mass is 10.1. The van der Waals surface area contributed by atoms with Crippen molar-refractivity contribution < 1.29 is 9.53 Å². The topological polar surface area (TPSA) is 38.3 Å². The number of anilines is 1. The van der Waals surface area contributed by atoms with Crippen molar-refractivity contribution >= 4 is 24.2 Å². The van der Waals surface area contributed by atoms with E-state index in [0.717, 1.165) is 17.0 Å². The molecule has 3 nitrogen and oxygen atoms in total. The molecule has 0 aliphatic rings. The van der Waals surface area contributed by atoms with Gasteiger partial charge in [-0.05, 0) is 36.2 Å². The first-order chi connectivity index (χ1) is 9.69. The molecule has 2 aromatic rings. The monoisotopic (exact) mass is 287 g/mol. The first kappa shape index (κ1) is 14.5. The first-order valence-corrected chi connectivity index (χ1v) is 6.87. The number of amides is 1. The van der Waals surface area contributed by atoms with E-state index in [4.69, 9.17) is 4.74 Å². The van der Waals surface area contributed by atoms with Crippen molar-refractivity contribution in [3.05, 3.63) is 60.2 Å². The zero-order valence-corrected chi connectivity index (χ0v) is 12.1. The lowest BCUT2D eigenvalue weighted by Crippen LogP contribution is -2.25. The van der Waals surface area contributed by atoms with E-state index in [-0.39, 0.29) is 11.2 Å². The Labute approximate surface area is 124 Å². The maximum absolute atomic E-state index is 12.1. The van der Waals surface area contributed by atoms with E-state index in [0.29, 0.717) is 6.42 Å². The van der Waals surface area contributed by atoms with E-state index in [2.05, 4.69) is 17.9 Å². The van der Waals surface area contributed by atoms with E-state index < -0.39 is 0 Å². The summed E-state index contributed by atoms with van der Waals surface area (Å²) in [4.78, 5) is 12.1. The highest BCUT2D eigenvalue weighted by Gasteiger charge is 2.14. The summed E-state index contributed by atoms with van der Waals surface area (Å²) in [6.45, 7) is 0. The third kappa shape index (κ3) is 4.03. The van der Waals surface area contributed by atoms with Crippen molar-refractivity contribution in [2.45, 2.75) is 11.7 Å². The Bertz CT molecular complexity index is 554. The maximum atomic E-state index is 12.1. The van der Waals surface area contributed by atoms with Gasteiger partial charge in [-0.2, -0.15) is 12.6 Å². The van der Waals surface area contributed by atoms with Crippen LogP contribution >= 0.6 is 12.6 Å². The van der Waals surface area contributed by atoms with Gasteiger partial charge < -0.3 is 10.1 Å². The highest BCUT2D eigenvalue weighted by molar-refractivity contribution is 7.81. The second-order valence-electron chi connectivity index (χ2n) is 4.42. The van der Waals surface area contributed by atoms with Gasteiger partial charge in [-0.3, -0.25) is 4.79 Å². The molecule has 1 atom stereocenters. The van der Waals surface area contributed by atoms with Crippen LogP contribution < -0.4 is 10.1 Å². The summed E-state index contributed by atoms with van der Waals surface area (Å²) in [6, 6.07) is 17.1. The zero-order chi connectivity index (χ0) is 14.4. The molecule has 0 heterocycles. The average molecular weight is 287 g/mol. The van der Waals surface area contributed by atoms with Crippen molar-refractivity contribution in [1.29, 1.82) is 0 Å². The summed E-state index contributed by atoms with van der Waals surface area (Å²) in [5.74, 6) is 0.650. The number of carbonyl (C=O) groups excluding carboxylic acids is 1.